The highest BCUT2D eigenvalue weighted by atomic mass is 79.9. The molecule has 1 saturated carbocycles. The number of hydrogen-bond acceptors (Lipinski definition) is 7. The maximum absolute atomic E-state index is 9.20. The van der Waals surface area contributed by atoms with E-state index in [1.165, 1.54) is 6.42 Å². The van der Waals surface area contributed by atoms with E-state index in [-0.39, 0.29) is 0 Å². The lowest BCUT2D eigenvalue weighted by Crippen LogP contribution is -2.18. The van der Waals surface area contributed by atoms with E-state index in [0.29, 0.717) is 42.0 Å². The van der Waals surface area contributed by atoms with Crippen LogP contribution in [-0.2, 0) is 0 Å². The summed E-state index contributed by atoms with van der Waals surface area (Å²) in [5.41, 5.74) is 8.41. The fourth-order valence-electron chi connectivity index (χ4n) is 3.06. The van der Waals surface area contributed by atoms with E-state index in [2.05, 4.69) is 52.2 Å². The zero-order chi connectivity index (χ0) is 18.8. The predicted octanol–water partition coefficient (Wildman–Crippen LogP) is 3.30. The van der Waals surface area contributed by atoms with Crippen LogP contribution in [0.25, 0.3) is 11.2 Å². The minimum absolute atomic E-state index is 0.441. The lowest BCUT2D eigenvalue weighted by molar-refractivity contribution is 0.319. The van der Waals surface area contributed by atoms with Crippen LogP contribution in [0.2, 0.25) is 0 Å². The summed E-state index contributed by atoms with van der Waals surface area (Å²) in [5.74, 6) is 1.10. The van der Waals surface area contributed by atoms with Crippen molar-refractivity contribution in [1.82, 2.24) is 19.5 Å². The van der Waals surface area contributed by atoms with Gasteiger partial charge in [0, 0.05) is 29.3 Å². The number of imidazole rings is 1. The zero-order valence-corrected chi connectivity index (χ0v) is 16.2. The number of rotatable bonds is 6. The molecule has 8 nitrogen and oxygen atoms in total. The number of nitrogens with zero attached hydrogens (tertiary/aromatic N) is 5. The molecule has 0 atom stereocenters. The maximum atomic E-state index is 9.20. The Morgan fingerprint density at radius 3 is 2.85 bits per heavy atom. The van der Waals surface area contributed by atoms with Crippen LogP contribution in [-0.4, -0.2) is 32.6 Å². The Labute approximate surface area is 164 Å². The molecule has 0 radical (unpaired) electrons. The van der Waals surface area contributed by atoms with Gasteiger partial charge in [-0.1, -0.05) is 15.9 Å². The van der Waals surface area contributed by atoms with Crippen LogP contribution >= 0.6 is 15.9 Å². The summed E-state index contributed by atoms with van der Waals surface area (Å²) in [5, 5.41) is 15.6. The molecule has 0 saturated heterocycles. The first kappa shape index (κ1) is 17.7. The summed E-state index contributed by atoms with van der Waals surface area (Å²) in [6, 6.07) is 8.03. The number of anilines is 3. The summed E-state index contributed by atoms with van der Waals surface area (Å²) in [6.45, 7) is 1.07. The van der Waals surface area contributed by atoms with Crippen molar-refractivity contribution < 1.29 is 0 Å². The second-order valence-electron chi connectivity index (χ2n) is 6.49. The minimum Gasteiger partial charge on any atom is -0.353 e. The summed E-state index contributed by atoms with van der Waals surface area (Å²) in [6.07, 6.45) is 5.35. The lowest BCUT2D eigenvalue weighted by atomic mass is 9.93. The Bertz CT molecular complexity index is 1020. The van der Waals surface area contributed by atoms with Crippen molar-refractivity contribution in [3.05, 3.63) is 34.6 Å². The molecule has 9 heteroatoms. The van der Waals surface area contributed by atoms with Crippen LogP contribution in [0.15, 0.2) is 29.0 Å². The normalized spacial score (nSPS) is 14.0. The number of benzene rings is 1. The molecule has 0 amide bonds. The molecular weight excluding hydrogens is 408 g/mol. The molecule has 27 heavy (non-hydrogen) atoms. The first-order valence-corrected chi connectivity index (χ1v) is 9.63. The Morgan fingerprint density at radius 1 is 1.30 bits per heavy atom. The van der Waals surface area contributed by atoms with E-state index in [0.717, 1.165) is 28.6 Å². The van der Waals surface area contributed by atoms with Gasteiger partial charge in [0.15, 0.2) is 17.0 Å². The third kappa shape index (κ3) is 3.59. The van der Waals surface area contributed by atoms with Crippen LogP contribution in [0.5, 0.6) is 0 Å². The van der Waals surface area contributed by atoms with Gasteiger partial charge in [-0.3, -0.25) is 0 Å². The topological polar surface area (TPSA) is 117 Å². The number of nitrogens with two attached hydrogens (primary N) is 1. The molecule has 0 aliphatic heterocycles. The standard InChI is InChI=1S/C18H19BrN8/c19-12-6-11(9-21)7-13(8-12)24-16-15-17(26-18(25-16)22-5-4-20)27(10-23-15)14-2-1-3-14/h6-8,10,14H,1-5,20H2,(H2,22,24,25,26). The minimum atomic E-state index is 0.441. The second kappa shape index (κ2) is 7.50. The van der Waals surface area contributed by atoms with E-state index in [9.17, 15) is 5.26 Å². The molecule has 0 spiro atoms. The van der Waals surface area contributed by atoms with Gasteiger partial charge in [-0.2, -0.15) is 15.2 Å². The van der Waals surface area contributed by atoms with Crippen molar-refractivity contribution >= 4 is 44.5 Å². The highest BCUT2D eigenvalue weighted by molar-refractivity contribution is 9.10. The number of nitrogens with one attached hydrogen (secondary N) is 2. The first-order chi connectivity index (χ1) is 13.2. The fraction of sp³-hybridized carbons (Fsp3) is 0.333. The van der Waals surface area contributed by atoms with Gasteiger partial charge in [-0.15, -0.1) is 0 Å². The van der Waals surface area contributed by atoms with Crippen molar-refractivity contribution in [2.24, 2.45) is 5.73 Å². The van der Waals surface area contributed by atoms with Crippen LogP contribution < -0.4 is 16.4 Å². The highest BCUT2D eigenvalue weighted by Gasteiger charge is 2.23. The van der Waals surface area contributed by atoms with Crippen molar-refractivity contribution in [1.29, 1.82) is 5.26 Å². The molecule has 1 fully saturated rings. The Morgan fingerprint density at radius 2 is 2.15 bits per heavy atom. The van der Waals surface area contributed by atoms with Gasteiger partial charge in [0.1, 0.15) is 0 Å². The van der Waals surface area contributed by atoms with Crippen molar-refractivity contribution in [3.8, 4) is 6.07 Å². The molecule has 0 unspecified atom stereocenters. The molecule has 1 aliphatic carbocycles. The van der Waals surface area contributed by atoms with E-state index >= 15 is 0 Å². The third-order valence-corrected chi connectivity index (χ3v) is 5.06. The average Bonchev–Trinajstić information content (AvgIpc) is 3.02. The fourth-order valence-corrected chi connectivity index (χ4v) is 3.56. The SMILES string of the molecule is N#Cc1cc(Br)cc(Nc2nc(NCCN)nc3c2ncn3C2CCC2)c1. The largest absolute Gasteiger partial charge is 0.353 e. The molecule has 3 aromatic rings. The monoisotopic (exact) mass is 426 g/mol. The molecule has 4 rings (SSSR count). The summed E-state index contributed by atoms with van der Waals surface area (Å²) >= 11 is 3.44. The maximum Gasteiger partial charge on any atom is 0.226 e. The van der Waals surface area contributed by atoms with Crippen molar-refractivity contribution in [2.75, 3.05) is 23.7 Å². The molecule has 4 N–H and O–H groups in total. The molecule has 138 valence electrons. The van der Waals surface area contributed by atoms with Gasteiger partial charge in [-0.25, -0.2) is 4.98 Å². The third-order valence-electron chi connectivity index (χ3n) is 4.61. The molecule has 1 aromatic carbocycles. The summed E-state index contributed by atoms with van der Waals surface area (Å²) in [7, 11) is 0. The Kier molecular flexibility index (Phi) is 4.92. The highest BCUT2D eigenvalue weighted by Crippen LogP contribution is 2.35. The second-order valence-corrected chi connectivity index (χ2v) is 7.40. The van der Waals surface area contributed by atoms with E-state index in [4.69, 9.17) is 5.73 Å². The molecule has 2 aromatic heterocycles. The average molecular weight is 427 g/mol. The number of hydrogen-bond donors (Lipinski definition) is 3. The molecule has 0 bridgehead atoms. The lowest BCUT2D eigenvalue weighted by Gasteiger charge is -2.26. The van der Waals surface area contributed by atoms with Gasteiger partial charge in [0.05, 0.1) is 18.0 Å². The van der Waals surface area contributed by atoms with Crippen LogP contribution in [0, 0.1) is 11.3 Å². The predicted molar refractivity (Wildman–Crippen MR) is 108 cm³/mol. The molecule has 2 heterocycles. The summed E-state index contributed by atoms with van der Waals surface area (Å²) in [4.78, 5) is 13.8. The number of fused-ring (bicyclic) bond motifs is 1. The van der Waals surface area contributed by atoms with Crippen LogP contribution in [0.1, 0.15) is 30.9 Å². The smallest absolute Gasteiger partial charge is 0.226 e. The Balaban J connectivity index is 1.77. The van der Waals surface area contributed by atoms with Gasteiger partial charge >= 0.3 is 0 Å². The van der Waals surface area contributed by atoms with Crippen LogP contribution in [0.4, 0.5) is 17.5 Å². The van der Waals surface area contributed by atoms with Gasteiger partial charge < -0.3 is 20.9 Å². The molecular formula is C18H19BrN8. The van der Waals surface area contributed by atoms with Crippen molar-refractivity contribution in [3.63, 3.8) is 0 Å². The van der Waals surface area contributed by atoms with Gasteiger partial charge in [0.2, 0.25) is 5.95 Å². The number of halogens is 1. The van der Waals surface area contributed by atoms with E-state index in [1.807, 2.05) is 12.4 Å². The number of nitriles is 1. The quantitative estimate of drug-likeness (QED) is 0.553. The van der Waals surface area contributed by atoms with Crippen LogP contribution in [0.3, 0.4) is 0 Å². The first-order valence-electron chi connectivity index (χ1n) is 8.84. The van der Waals surface area contributed by atoms with Gasteiger partial charge in [-0.05, 0) is 37.5 Å². The van der Waals surface area contributed by atoms with E-state index in [1.54, 1.807) is 12.1 Å². The molecule has 1 aliphatic rings. The number of aromatic nitrogens is 4. The Hall–Kier alpha value is -2.70. The van der Waals surface area contributed by atoms with E-state index < -0.39 is 0 Å². The van der Waals surface area contributed by atoms with Gasteiger partial charge in [0.25, 0.3) is 0 Å². The zero-order valence-electron chi connectivity index (χ0n) is 14.6. The summed E-state index contributed by atoms with van der Waals surface area (Å²) < 4.78 is 2.94. The van der Waals surface area contributed by atoms with Crippen molar-refractivity contribution in [2.45, 2.75) is 25.3 Å².